The molecule has 12 heavy (non-hydrogen) atoms. The Kier molecular flexibility index (Phi) is 5.76. The number of halogens is 1. The zero-order valence-electron chi connectivity index (χ0n) is 7.30. The molecule has 0 amide bonds. The molecule has 0 rings (SSSR count). The number of carbonyl (C=O) groups excluding carboxylic acids is 1. The van der Waals surface area contributed by atoms with E-state index in [1.54, 1.807) is 0 Å². The molecule has 1 unspecified atom stereocenters. The maximum absolute atomic E-state index is 10.3. The summed E-state index contributed by atoms with van der Waals surface area (Å²) in [7, 11) is 0. The quantitative estimate of drug-likeness (QED) is 0.382. The molecule has 0 aliphatic heterocycles. The summed E-state index contributed by atoms with van der Waals surface area (Å²) in [5, 5.41) is 0. The van der Waals surface area contributed by atoms with Gasteiger partial charge >= 0.3 is 5.43 Å². The van der Waals surface area contributed by atoms with Crippen LogP contribution in [0, 0.1) is 0 Å². The second-order valence-corrected chi connectivity index (χ2v) is 2.77. The van der Waals surface area contributed by atoms with Crippen LogP contribution in [0.1, 0.15) is 20.3 Å². The van der Waals surface area contributed by atoms with E-state index in [1.807, 2.05) is 13.8 Å². The fourth-order valence-electron chi connectivity index (χ4n) is 0.574. The molecule has 0 aromatic rings. The van der Waals surface area contributed by atoms with E-state index in [9.17, 15) is 4.79 Å². The lowest BCUT2D eigenvalue weighted by Gasteiger charge is -2.14. The van der Waals surface area contributed by atoms with Gasteiger partial charge in [-0.15, -0.1) is 0 Å². The van der Waals surface area contributed by atoms with Crippen molar-refractivity contribution in [3.05, 3.63) is 12.2 Å². The molecule has 0 aromatic heterocycles. The van der Waals surface area contributed by atoms with Crippen LogP contribution in [0.4, 0.5) is 4.79 Å². The lowest BCUT2D eigenvalue weighted by Crippen LogP contribution is -2.18. The van der Waals surface area contributed by atoms with Crippen molar-refractivity contribution < 1.29 is 14.3 Å². The molecule has 70 valence electrons. The Morgan fingerprint density at radius 2 is 2.25 bits per heavy atom. The SMILES string of the molecule is C=C(C)COC(CC)OC(=O)Cl. The number of hydrogen-bond acceptors (Lipinski definition) is 3. The Balaban J connectivity index is 3.67. The summed E-state index contributed by atoms with van der Waals surface area (Å²) >= 11 is 5.00. The maximum atomic E-state index is 10.3. The van der Waals surface area contributed by atoms with Crippen LogP contribution in [0.3, 0.4) is 0 Å². The van der Waals surface area contributed by atoms with E-state index in [1.165, 1.54) is 0 Å². The predicted molar refractivity (Wildman–Crippen MR) is 47.2 cm³/mol. The van der Waals surface area contributed by atoms with Gasteiger partial charge in [-0.05, 0) is 6.92 Å². The molecule has 0 radical (unpaired) electrons. The summed E-state index contributed by atoms with van der Waals surface area (Å²) in [6.45, 7) is 7.68. The maximum Gasteiger partial charge on any atom is 0.406 e. The minimum Gasteiger partial charge on any atom is -0.424 e. The van der Waals surface area contributed by atoms with Crippen LogP contribution in [0.2, 0.25) is 0 Å². The van der Waals surface area contributed by atoms with Crippen LogP contribution in [-0.2, 0) is 9.47 Å². The van der Waals surface area contributed by atoms with Crippen LogP contribution in [0.5, 0.6) is 0 Å². The highest BCUT2D eigenvalue weighted by Crippen LogP contribution is 2.04. The Bertz CT molecular complexity index is 168. The molecule has 0 aromatic carbocycles. The molecule has 0 bridgehead atoms. The lowest BCUT2D eigenvalue weighted by atomic mass is 10.4. The Morgan fingerprint density at radius 1 is 1.67 bits per heavy atom. The van der Waals surface area contributed by atoms with E-state index < -0.39 is 11.7 Å². The molecule has 0 aliphatic rings. The average molecular weight is 193 g/mol. The molecule has 0 N–H and O–H groups in total. The van der Waals surface area contributed by atoms with Crippen molar-refractivity contribution in [2.75, 3.05) is 6.61 Å². The number of rotatable bonds is 5. The zero-order valence-corrected chi connectivity index (χ0v) is 8.06. The summed E-state index contributed by atoms with van der Waals surface area (Å²) < 4.78 is 9.75. The van der Waals surface area contributed by atoms with Crippen molar-refractivity contribution in [1.29, 1.82) is 0 Å². The van der Waals surface area contributed by atoms with Gasteiger partial charge in [-0.25, -0.2) is 4.79 Å². The van der Waals surface area contributed by atoms with Gasteiger partial charge < -0.3 is 9.47 Å². The van der Waals surface area contributed by atoms with Crippen LogP contribution >= 0.6 is 11.6 Å². The van der Waals surface area contributed by atoms with Crippen molar-refractivity contribution in [3.63, 3.8) is 0 Å². The number of ether oxygens (including phenoxy) is 2. The molecule has 4 heteroatoms. The van der Waals surface area contributed by atoms with Gasteiger partial charge in [0.25, 0.3) is 0 Å². The van der Waals surface area contributed by atoms with E-state index in [0.717, 1.165) is 5.57 Å². The van der Waals surface area contributed by atoms with Gasteiger partial charge in [0.2, 0.25) is 6.29 Å². The molecular formula is C8H13ClO3. The number of carbonyl (C=O) groups is 1. The van der Waals surface area contributed by atoms with Gasteiger partial charge in [0.1, 0.15) is 0 Å². The summed E-state index contributed by atoms with van der Waals surface area (Å²) in [6, 6.07) is 0. The van der Waals surface area contributed by atoms with Crippen LogP contribution in [0.15, 0.2) is 12.2 Å². The second-order valence-electron chi connectivity index (χ2n) is 2.46. The van der Waals surface area contributed by atoms with Crippen molar-refractivity contribution in [3.8, 4) is 0 Å². The van der Waals surface area contributed by atoms with Gasteiger partial charge in [0.05, 0.1) is 6.61 Å². The topological polar surface area (TPSA) is 35.5 Å². The van der Waals surface area contributed by atoms with E-state index >= 15 is 0 Å². The third-order valence-corrected chi connectivity index (χ3v) is 1.16. The highest BCUT2D eigenvalue weighted by molar-refractivity contribution is 6.61. The predicted octanol–water partition coefficient (Wildman–Crippen LogP) is 2.69. The first kappa shape index (κ1) is 11.5. The molecular weight excluding hydrogens is 180 g/mol. The summed E-state index contributed by atoms with van der Waals surface area (Å²) in [6.07, 6.45) is 0.0119. The third kappa shape index (κ3) is 6.19. The minimum atomic E-state index is -0.844. The normalized spacial score (nSPS) is 12.2. The number of hydrogen-bond donors (Lipinski definition) is 0. The first-order chi connectivity index (χ1) is 5.56. The van der Waals surface area contributed by atoms with E-state index in [-0.39, 0.29) is 0 Å². The van der Waals surface area contributed by atoms with Gasteiger partial charge in [-0.1, -0.05) is 19.1 Å². The van der Waals surface area contributed by atoms with Gasteiger partial charge in [-0.2, -0.15) is 0 Å². The van der Waals surface area contributed by atoms with Crippen LogP contribution < -0.4 is 0 Å². The fourth-order valence-corrected chi connectivity index (χ4v) is 0.673. The first-order valence-electron chi connectivity index (χ1n) is 3.68. The molecule has 1 atom stereocenters. The highest BCUT2D eigenvalue weighted by Gasteiger charge is 2.09. The Morgan fingerprint density at radius 3 is 2.58 bits per heavy atom. The summed E-state index contributed by atoms with van der Waals surface area (Å²) in [5.41, 5.74) is 0.0302. The van der Waals surface area contributed by atoms with Crippen molar-refractivity contribution in [2.24, 2.45) is 0 Å². The molecule has 0 spiro atoms. The van der Waals surface area contributed by atoms with Gasteiger partial charge in [0, 0.05) is 18.0 Å². The molecule has 0 heterocycles. The molecule has 0 saturated heterocycles. The van der Waals surface area contributed by atoms with Crippen molar-refractivity contribution >= 4 is 17.0 Å². The van der Waals surface area contributed by atoms with Gasteiger partial charge in [-0.3, -0.25) is 0 Å². The van der Waals surface area contributed by atoms with E-state index in [2.05, 4.69) is 11.3 Å². The first-order valence-corrected chi connectivity index (χ1v) is 4.06. The standard InChI is InChI=1S/C8H13ClO3/c1-4-7(12-8(9)10)11-5-6(2)3/h7H,2,4-5H2,1,3H3. The Labute approximate surface area is 77.3 Å². The lowest BCUT2D eigenvalue weighted by molar-refractivity contribution is -0.0904. The molecule has 0 aliphatic carbocycles. The molecule has 0 fully saturated rings. The summed E-state index contributed by atoms with van der Waals surface area (Å²) in [5.74, 6) is 0. The largest absolute Gasteiger partial charge is 0.424 e. The highest BCUT2D eigenvalue weighted by atomic mass is 35.5. The van der Waals surface area contributed by atoms with Gasteiger partial charge in [0.15, 0.2) is 0 Å². The molecule has 3 nitrogen and oxygen atoms in total. The van der Waals surface area contributed by atoms with Crippen LogP contribution in [0.25, 0.3) is 0 Å². The minimum absolute atomic E-state index is 0.378. The third-order valence-electron chi connectivity index (χ3n) is 1.07. The smallest absolute Gasteiger partial charge is 0.406 e. The van der Waals surface area contributed by atoms with E-state index in [4.69, 9.17) is 16.3 Å². The Hall–Kier alpha value is -0.540. The van der Waals surface area contributed by atoms with Crippen molar-refractivity contribution in [1.82, 2.24) is 0 Å². The van der Waals surface area contributed by atoms with Crippen molar-refractivity contribution in [2.45, 2.75) is 26.6 Å². The van der Waals surface area contributed by atoms with E-state index in [0.29, 0.717) is 13.0 Å². The summed E-state index contributed by atoms with van der Waals surface area (Å²) in [4.78, 5) is 10.3. The zero-order chi connectivity index (χ0) is 9.56. The fraction of sp³-hybridized carbons (Fsp3) is 0.625. The average Bonchev–Trinajstić information content (AvgIpc) is 1.97. The molecule has 0 saturated carbocycles. The second kappa shape index (κ2) is 6.03. The van der Waals surface area contributed by atoms with Crippen LogP contribution in [-0.4, -0.2) is 18.3 Å². The monoisotopic (exact) mass is 192 g/mol.